The number of rotatable bonds is 5. The van der Waals surface area contributed by atoms with Crippen LogP contribution in [0, 0.1) is 18.8 Å². The molecule has 0 radical (unpaired) electrons. The van der Waals surface area contributed by atoms with Crippen LogP contribution in [-0.2, 0) is 19.3 Å². The lowest BCUT2D eigenvalue weighted by molar-refractivity contribution is -0.731. The Labute approximate surface area is 321 Å². The third-order valence-electron chi connectivity index (χ3n) is 14.1. The SMILES string of the molecule is Cc1cc2c(c3oc4cccnc4c13)-c1cc(CC3CCCC3)cc[n+]1C1=C(C2)C2c3ccccc3-c3cc(CC4CCCCC4)c([Si](C)(C)C)c[n+]3C12. The summed E-state index contributed by atoms with van der Waals surface area (Å²) >= 11 is 0. The van der Waals surface area contributed by atoms with Crippen molar-refractivity contribution >= 4 is 41.0 Å². The van der Waals surface area contributed by atoms with E-state index in [0.717, 1.165) is 46.7 Å². The third-order valence-corrected chi connectivity index (χ3v) is 16.2. The average molecular weight is 728 g/mol. The maximum Gasteiger partial charge on any atom is 0.257 e. The molecule has 2 aromatic carbocycles. The van der Waals surface area contributed by atoms with Crippen molar-refractivity contribution in [1.82, 2.24) is 4.98 Å². The van der Waals surface area contributed by atoms with E-state index in [1.165, 1.54) is 115 Å². The molecule has 5 aliphatic rings. The van der Waals surface area contributed by atoms with Gasteiger partial charge < -0.3 is 4.42 Å². The Morgan fingerprint density at radius 3 is 2.43 bits per heavy atom. The Morgan fingerprint density at radius 2 is 1.61 bits per heavy atom. The van der Waals surface area contributed by atoms with E-state index < -0.39 is 8.07 Å². The summed E-state index contributed by atoms with van der Waals surface area (Å²) < 4.78 is 12.2. The number of hydrogen-bond donors (Lipinski definition) is 0. The highest BCUT2D eigenvalue weighted by molar-refractivity contribution is 6.89. The maximum absolute atomic E-state index is 6.87. The monoisotopic (exact) mass is 727 g/mol. The number of aryl methyl sites for hydroxylation is 1. The van der Waals surface area contributed by atoms with E-state index in [1.807, 2.05) is 12.3 Å². The van der Waals surface area contributed by atoms with Crippen molar-refractivity contribution in [3.05, 3.63) is 113 Å². The lowest BCUT2D eigenvalue weighted by atomic mass is 9.66. The number of benzene rings is 2. The third kappa shape index (κ3) is 5.02. The molecule has 3 aliphatic carbocycles. The summed E-state index contributed by atoms with van der Waals surface area (Å²) in [5, 5.41) is 2.82. The maximum atomic E-state index is 6.87. The molecule has 5 heteroatoms. The molecule has 2 atom stereocenters. The van der Waals surface area contributed by atoms with Crippen molar-refractivity contribution < 1.29 is 13.6 Å². The van der Waals surface area contributed by atoms with Crippen molar-refractivity contribution in [3.63, 3.8) is 0 Å². The van der Waals surface area contributed by atoms with Crippen molar-refractivity contribution in [3.8, 4) is 22.5 Å². The van der Waals surface area contributed by atoms with E-state index in [1.54, 1.807) is 16.3 Å². The fraction of sp³-hybridized carbons (Fsp3) is 0.408. The van der Waals surface area contributed by atoms with Crippen molar-refractivity contribution in [2.45, 2.75) is 116 Å². The van der Waals surface area contributed by atoms with E-state index >= 15 is 0 Å². The van der Waals surface area contributed by atoms with Gasteiger partial charge in [-0.25, -0.2) is 0 Å². The van der Waals surface area contributed by atoms with Crippen molar-refractivity contribution in [2.24, 2.45) is 11.8 Å². The Bertz CT molecular complexity index is 2540. The number of hydrogen-bond acceptors (Lipinski definition) is 2. The molecule has 0 spiro atoms. The van der Waals surface area contributed by atoms with Crippen LogP contribution in [0.25, 0.3) is 50.3 Å². The van der Waals surface area contributed by atoms with Gasteiger partial charge in [-0.3, -0.25) is 4.98 Å². The van der Waals surface area contributed by atoms with Crippen molar-refractivity contribution in [1.29, 1.82) is 0 Å². The van der Waals surface area contributed by atoms with Gasteiger partial charge in [0.05, 0.1) is 30.5 Å². The number of fused-ring (bicyclic) bond motifs is 16. The topological polar surface area (TPSA) is 33.8 Å². The van der Waals surface area contributed by atoms with Gasteiger partial charge in [0.1, 0.15) is 5.52 Å². The standard InChI is InChI=1S/C49H53N3OSi/c1-30-23-35-27-38-45-37-18-11-10-17-36(37)39-28-34(25-32-13-6-5-7-14-32)42(54(2,3)4)29-52(39)48(45)47(38)51-22-20-33(24-31-15-8-9-16-31)26-40(51)44(35)49-43(30)46-41(53-49)19-12-21-50-46/h10-12,17-23,26,28-29,31-32,45,48H,5-9,13-16,24-25,27H2,1-4H3/q+2. The fourth-order valence-electron chi connectivity index (χ4n) is 11.6. The minimum Gasteiger partial charge on any atom is -0.453 e. The largest absolute Gasteiger partial charge is 0.453 e. The summed E-state index contributed by atoms with van der Waals surface area (Å²) in [5.74, 6) is 1.94. The zero-order valence-corrected chi connectivity index (χ0v) is 33.6. The molecule has 2 fully saturated rings. The Morgan fingerprint density at radius 1 is 0.833 bits per heavy atom. The van der Waals surface area contributed by atoms with E-state index in [2.05, 4.69) is 103 Å². The van der Waals surface area contributed by atoms with Gasteiger partial charge >= 0.3 is 0 Å². The van der Waals surface area contributed by atoms with E-state index in [9.17, 15) is 0 Å². The van der Waals surface area contributed by atoms with Gasteiger partial charge in [-0.1, -0.05) is 102 Å². The van der Waals surface area contributed by atoms with Gasteiger partial charge in [0, 0.05) is 41.6 Å². The second-order valence-corrected chi connectivity index (χ2v) is 23.6. The predicted molar refractivity (Wildman–Crippen MR) is 222 cm³/mol. The second kappa shape index (κ2) is 12.3. The molecule has 6 aromatic rings. The molecule has 4 aromatic heterocycles. The first-order chi connectivity index (χ1) is 26.3. The van der Waals surface area contributed by atoms with Gasteiger partial charge in [-0.2, -0.15) is 9.13 Å². The molecule has 2 unspecified atom stereocenters. The summed E-state index contributed by atoms with van der Waals surface area (Å²) in [6, 6.07) is 23.8. The number of furan rings is 1. The first kappa shape index (κ1) is 33.0. The molecule has 0 N–H and O–H groups in total. The van der Waals surface area contributed by atoms with Crippen LogP contribution in [0.5, 0.6) is 0 Å². The van der Waals surface area contributed by atoms with Crippen molar-refractivity contribution in [2.75, 3.05) is 0 Å². The summed E-state index contributed by atoms with van der Waals surface area (Å²) in [4.78, 5) is 4.86. The molecule has 2 aliphatic heterocycles. The number of allylic oxidation sites excluding steroid dienone is 2. The van der Waals surface area contributed by atoms with Crippen LogP contribution in [0.3, 0.4) is 0 Å². The molecule has 0 amide bonds. The molecular formula is C49H53N3OSi+2. The Hall–Kier alpha value is -4.35. The molecular weight excluding hydrogens is 675 g/mol. The molecule has 54 heavy (non-hydrogen) atoms. The van der Waals surface area contributed by atoms with Crippen LogP contribution < -0.4 is 14.3 Å². The fourth-order valence-corrected chi connectivity index (χ4v) is 13.3. The average Bonchev–Trinajstić information content (AvgIpc) is 3.80. The Balaban J connectivity index is 1.14. The number of pyridine rings is 3. The molecule has 4 nitrogen and oxygen atoms in total. The lowest BCUT2D eigenvalue weighted by Crippen LogP contribution is -2.61. The van der Waals surface area contributed by atoms with E-state index in [0.29, 0.717) is 5.92 Å². The smallest absolute Gasteiger partial charge is 0.257 e. The summed E-state index contributed by atoms with van der Waals surface area (Å²) in [6.45, 7) is 9.94. The number of aromatic nitrogens is 3. The first-order valence-electron chi connectivity index (χ1n) is 21.1. The Kier molecular flexibility index (Phi) is 7.54. The molecule has 2 saturated carbocycles. The predicted octanol–water partition coefficient (Wildman–Crippen LogP) is 10.7. The van der Waals surface area contributed by atoms with Crippen LogP contribution >= 0.6 is 0 Å². The molecule has 0 saturated heterocycles. The zero-order chi connectivity index (χ0) is 36.3. The highest BCUT2D eigenvalue weighted by Crippen LogP contribution is 2.57. The number of nitrogens with zero attached hydrogens (tertiary/aromatic N) is 3. The van der Waals surface area contributed by atoms with Gasteiger partial charge in [0.25, 0.3) is 11.7 Å². The zero-order valence-electron chi connectivity index (χ0n) is 32.6. The van der Waals surface area contributed by atoms with E-state index in [-0.39, 0.29) is 6.04 Å². The molecule has 11 rings (SSSR count). The lowest BCUT2D eigenvalue weighted by Gasteiger charge is -2.39. The summed E-state index contributed by atoms with van der Waals surface area (Å²) in [5.41, 5.74) is 18.5. The molecule has 272 valence electrons. The van der Waals surface area contributed by atoms with Crippen LogP contribution in [0.1, 0.15) is 97.6 Å². The van der Waals surface area contributed by atoms with Crippen LogP contribution in [0.15, 0.2) is 89.2 Å². The molecule has 6 heterocycles. The summed E-state index contributed by atoms with van der Waals surface area (Å²) in [7, 11) is -1.66. The summed E-state index contributed by atoms with van der Waals surface area (Å²) in [6.07, 6.45) is 22.8. The van der Waals surface area contributed by atoms with Crippen LogP contribution in [-0.4, -0.2) is 13.1 Å². The highest BCUT2D eigenvalue weighted by atomic mass is 28.3. The minimum atomic E-state index is -1.66. The first-order valence-corrected chi connectivity index (χ1v) is 24.6. The van der Waals surface area contributed by atoms with Crippen LogP contribution in [0.2, 0.25) is 19.6 Å². The van der Waals surface area contributed by atoms with Gasteiger partial charge in [-0.05, 0) is 77.6 Å². The second-order valence-electron chi connectivity index (χ2n) is 18.6. The highest BCUT2D eigenvalue weighted by Gasteiger charge is 2.60. The van der Waals surface area contributed by atoms with Gasteiger partial charge in [-0.15, -0.1) is 0 Å². The van der Waals surface area contributed by atoms with Crippen LogP contribution in [0.4, 0.5) is 0 Å². The minimum absolute atomic E-state index is 0.247. The van der Waals surface area contributed by atoms with Gasteiger partial charge in [0.15, 0.2) is 23.6 Å². The normalized spacial score (nSPS) is 20.9. The van der Waals surface area contributed by atoms with E-state index in [4.69, 9.17) is 9.40 Å². The van der Waals surface area contributed by atoms with Gasteiger partial charge in [0.2, 0.25) is 11.4 Å². The quantitative estimate of drug-likeness (QED) is 0.131. The molecule has 0 bridgehead atoms.